The third kappa shape index (κ3) is 3.58. The molecule has 1 aromatic heterocycles. The fourth-order valence-corrected chi connectivity index (χ4v) is 3.99. The van der Waals surface area contributed by atoms with Crippen LogP contribution < -0.4 is 25.2 Å². The Morgan fingerprint density at radius 2 is 1.91 bits per heavy atom. The van der Waals surface area contributed by atoms with Crippen LogP contribution in [0.5, 0.6) is 11.5 Å². The number of carbonyl (C=O) groups excluding carboxylic acids is 2. The molecule has 3 heterocycles. The second kappa shape index (κ2) is 7.84. The van der Waals surface area contributed by atoms with E-state index in [4.69, 9.17) is 9.47 Å². The molecule has 9 nitrogen and oxygen atoms in total. The van der Waals surface area contributed by atoms with Gasteiger partial charge < -0.3 is 19.7 Å². The van der Waals surface area contributed by atoms with E-state index in [-0.39, 0.29) is 31.0 Å². The van der Waals surface area contributed by atoms with E-state index in [1.54, 1.807) is 23.1 Å². The minimum atomic E-state index is -0.475. The van der Waals surface area contributed by atoms with Crippen molar-refractivity contribution >= 4 is 23.2 Å². The zero-order valence-corrected chi connectivity index (χ0v) is 17.3. The van der Waals surface area contributed by atoms with Gasteiger partial charge in [0.25, 0.3) is 11.5 Å². The number of nitrogens with one attached hydrogen (secondary N) is 1. The van der Waals surface area contributed by atoms with Crippen molar-refractivity contribution in [1.29, 1.82) is 0 Å². The van der Waals surface area contributed by atoms with Crippen LogP contribution in [0.25, 0.3) is 0 Å². The average Bonchev–Trinajstić information content (AvgIpc) is 3.37. The Labute approximate surface area is 183 Å². The third-order valence-electron chi connectivity index (χ3n) is 5.46. The zero-order valence-electron chi connectivity index (χ0n) is 17.3. The zero-order chi connectivity index (χ0) is 22.2. The Hall–Kier alpha value is -4.14. The van der Waals surface area contributed by atoms with Crippen molar-refractivity contribution in [3.8, 4) is 11.5 Å². The number of amides is 2. The van der Waals surface area contributed by atoms with Crippen LogP contribution in [-0.4, -0.2) is 34.4 Å². The molecule has 0 fully saturated rings. The van der Waals surface area contributed by atoms with Crippen LogP contribution in [0, 0.1) is 0 Å². The van der Waals surface area contributed by atoms with Crippen molar-refractivity contribution in [2.75, 3.05) is 17.0 Å². The van der Waals surface area contributed by atoms with E-state index in [9.17, 15) is 14.4 Å². The lowest BCUT2D eigenvalue weighted by atomic mass is 10.1. The molecular formula is C23H20N4O5. The Morgan fingerprint density at radius 3 is 2.78 bits per heavy atom. The van der Waals surface area contributed by atoms with Gasteiger partial charge >= 0.3 is 0 Å². The third-order valence-corrected chi connectivity index (χ3v) is 5.46. The van der Waals surface area contributed by atoms with Gasteiger partial charge in [-0.2, -0.15) is 5.10 Å². The summed E-state index contributed by atoms with van der Waals surface area (Å²) in [5.74, 6) is 0.367. The van der Waals surface area contributed by atoms with E-state index in [0.717, 1.165) is 22.4 Å². The standard InChI is InChI=1S/C23H20N4O5/c1-14-10-15-4-2-3-5-18(15)27(14)23(30)17-7-9-22(29)26(25-17)12-21(28)24-16-6-8-19-20(11-16)32-13-31-19/h2-9,11,14H,10,12-13H2,1H3,(H,24,28)/t14-/m1/s1. The first-order valence-electron chi connectivity index (χ1n) is 10.2. The number of ether oxygens (including phenoxy) is 2. The van der Waals surface area contributed by atoms with Crippen molar-refractivity contribution in [2.45, 2.75) is 25.9 Å². The molecule has 32 heavy (non-hydrogen) atoms. The lowest BCUT2D eigenvalue weighted by Crippen LogP contribution is -2.38. The van der Waals surface area contributed by atoms with Gasteiger partial charge in [-0.05, 0) is 43.2 Å². The molecule has 0 spiro atoms. The summed E-state index contributed by atoms with van der Waals surface area (Å²) in [5, 5.41) is 6.87. The number of nitrogens with zero attached hydrogens (tertiary/aromatic N) is 3. The number of rotatable bonds is 4. The van der Waals surface area contributed by atoms with Gasteiger partial charge in [-0.1, -0.05) is 18.2 Å². The van der Waals surface area contributed by atoms with E-state index >= 15 is 0 Å². The van der Waals surface area contributed by atoms with Gasteiger partial charge in [0.15, 0.2) is 11.5 Å². The molecule has 9 heteroatoms. The Bertz CT molecular complexity index is 1290. The predicted octanol–water partition coefficient (Wildman–Crippen LogP) is 2.20. The Kier molecular flexibility index (Phi) is 4.85. The molecule has 0 saturated carbocycles. The highest BCUT2D eigenvalue weighted by Crippen LogP contribution is 2.34. The number of aromatic nitrogens is 2. The van der Waals surface area contributed by atoms with Crippen LogP contribution in [0.1, 0.15) is 23.0 Å². The fraction of sp³-hybridized carbons (Fsp3) is 0.217. The summed E-state index contributed by atoms with van der Waals surface area (Å²) in [4.78, 5) is 39.7. The second-order valence-corrected chi connectivity index (χ2v) is 7.69. The summed E-state index contributed by atoms with van der Waals surface area (Å²) in [6, 6.07) is 15.3. The van der Waals surface area contributed by atoms with Crippen molar-refractivity contribution < 1.29 is 19.1 Å². The topological polar surface area (TPSA) is 103 Å². The molecular weight excluding hydrogens is 412 g/mol. The van der Waals surface area contributed by atoms with Crippen LogP contribution in [0.2, 0.25) is 0 Å². The predicted molar refractivity (Wildman–Crippen MR) is 116 cm³/mol. The minimum absolute atomic E-state index is 0.0311. The van der Waals surface area contributed by atoms with Crippen LogP contribution in [0.3, 0.4) is 0 Å². The molecule has 2 aromatic carbocycles. The molecule has 3 aromatic rings. The highest BCUT2D eigenvalue weighted by atomic mass is 16.7. The first kappa shape index (κ1) is 19.8. The first-order chi connectivity index (χ1) is 15.5. The number of fused-ring (bicyclic) bond motifs is 2. The molecule has 1 N–H and O–H groups in total. The van der Waals surface area contributed by atoms with Gasteiger partial charge in [-0.25, -0.2) is 4.68 Å². The lowest BCUT2D eigenvalue weighted by molar-refractivity contribution is -0.117. The smallest absolute Gasteiger partial charge is 0.278 e. The maximum absolute atomic E-state index is 13.2. The quantitative estimate of drug-likeness (QED) is 0.678. The molecule has 2 aliphatic heterocycles. The van der Waals surface area contributed by atoms with Gasteiger partial charge in [-0.15, -0.1) is 0 Å². The van der Waals surface area contributed by atoms with Crippen LogP contribution in [-0.2, 0) is 17.8 Å². The molecule has 2 amide bonds. The summed E-state index contributed by atoms with van der Waals surface area (Å²) in [5.41, 5.74) is 2.05. The molecule has 2 aliphatic rings. The Balaban J connectivity index is 1.34. The van der Waals surface area contributed by atoms with Gasteiger partial charge in [0, 0.05) is 29.5 Å². The van der Waals surface area contributed by atoms with Crippen molar-refractivity contribution in [3.63, 3.8) is 0 Å². The summed E-state index contributed by atoms with van der Waals surface area (Å²) in [6.07, 6.45) is 0.749. The summed E-state index contributed by atoms with van der Waals surface area (Å²) >= 11 is 0. The van der Waals surface area contributed by atoms with Gasteiger partial charge in [0.2, 0.25) is 12.7 Å². The molecule has 0 bridgehead atoms. The van der Waals surface area contributed by atoms with E-state index in [2.05, 4.69) is 10.4 Å². The van der Waals surface area contributed by atoms with E-state index in [1.165, 1.54) is 12.1 Å². The van der Waals surface area contributed by atoms with Crippen molar-refractivity contribution in [1.82, 2.24) is 9.78 Å². The fourth-order valence-electron chi connectivity index (χ4n) is 3.99. The first-order valence-corrected chi connectivity index (χ1v) is 10.2. The summed E-state index contributed by atoms with van der Waals surface area (Å²) in [6.45, 7) is 1.76. The SMILES string of the molecule is C[C@@H]1Cc2ccccc2N1C(=O)c1ccc(=O)n(CC(=O)Nc2ccc3c(c2)OCO3)n1. The van der Waals surface area contributed by atoms with Gasteiger partial charge in [0.1, 0.15) is 12.2 Å². The van der Waals surface area contributed by atoms with E-state index < -0.39 is 11.5 Å². The molecule has 0 saturated heterocycles. The number of carbonyl (C=O) groups is 2. The summed E-state index contributed by atoms with van der Waals surface area (Å²) in [7, 11) is 0. The molecule has 0 radical (unpaired) electrons. The largest absolute Gasteiger partial charge is 0.454 e. The highest BCUT2D eigenvalue weighted by molar-refractivity contribution is 6.06. The minimum Gasteiger partial charge on any atom is -0.454 e. The lowest BCUT2D eigenvalue weighted by Gasteiger charge is -2.22. The van der Waals surface area contributed by atoms with Crippen molar-refractivity contribution in [3.05, 3.63) is 76.2 Å². The van der Waals surface area contributed by atoms with E-state index in [0.29, 0.717) is 17.2 Å². The number of hydrogen-bond donors (Lipinski definition) is 1. The molecule has 162 valence electrons. The van der Waals surface area contributed by atoms with Crippen LogP contribution >= 0.6 is 0 Å². The van der Waals surface area contributed by atoms with Crippen LogP contribution in [0.4, 0.5) is 11.4 Å². The maximum Gasteiger partial charge on any atom is 0.278 e. The molecule has 1 atom stereocenters. The average molecular weight is 432 g/mol. The van der Waals surface area contributed by atoms with Crippen molar-refractivity contribution in [2.24, 2.45) is 0 Å². The summed E-state index contributed by atoms with van der Waals surface area (Å²) < 4.78 is 11.5. The van der Waals surface area contributed by atoms with E-state index in [1.807, 2.05) is 31.2 Å². The van der Waals surface area contributed by atoms with Crippen LogP contribution in [0.15, 0.2) is 59.4 Å². The molecule has 0 unspecified atom stereocenters. The number of anilines is 2. The molecule has 0 aliphatic carbocycles. The molecule has 5 rings (SSSR count). The maximum atomic E-state index is 13.2. The van der Waals surface area contributed by atoms with Gasteiger partial charge in [-0.3, -0.25) is 14.4 Å². The number of hydrogen-bond acceptors (Lipinski definition) is 6. The number of para-hydroxylation sites is 1. The number of benzene rings is 2. The van der Waals surface area contributed by atoms with Gasteiger partial charge in [0.05, 0.1) is 0 Å². The highest BCUT2D eigenvalue weighted by Gasteiger charge is 2.32. The Morgan fingerprint density at radius 1 is 1.09 bits per heavy atom. The second-order valence-electron chi connectivity index (χ2n) is 7.69. The normalized spacial score (nSPS) is 16.0. The monoisotopic (exact) mass is 432 g/mol.